The van der Waals surface area contributed by atoms with E-state index in [4.69, 9.17) is 0 Å². The van der Waals surface area contributed by atoms with Crippen LogP contribution in [0.4, 0.5) is 8.78 Å². The molecule has 1 saturated carbocycles. The molecule has 1 aliphatic rings. The Hall–Kier alpha value is -1.08. The van der Waals surface area contributed by atoms with Crippen LogP contribution in [-0.4, -0.2) is 38.4 Å². The number of aliphatic hydroxyl groups is 1. The summed E-state index contributed by atoms with van der Waals surface area (Å²) in [7, 11) is 0. The van der Waals surface area contributed by atoms with Crippen molar-refractivity contribution in [3.05, 3.63) is 12.2 Å². The fourth-order valence-electron chi connectivity index (χ4n) is 4.03. The summed E-state index contributed by atoms with van der Waals surface area (Å²) in [5.41, 5.74) is -0.243. The number of hydrogen-bond donors (Lipinski definition) is 2. The molecule has 2 rings (SSSR count). The molecule has 126 valence electrons. The van der Waals surface area contributed by atoms with Gasteiger partial charge in [0.1, 0.15) is 18.7 Å². The van der Waals surface area contributed by atoms with Gasteiger partial charge in [-0.05, 0) is 30.6 Å². The van der Waals surface area contributed by atoms with Crippen molar-refractivity contribution in [2.45, 2.75) is 65.1 Å². The van der Waals surface area contributed by atoms with Crippen molar-refractivity contribution in [2.75, 3.05) is 6.61 Å². The van der Waals surface area contributed by atoms with Crippen LogP contribution in [0.3, 0.4) is 0 Å². The molecule has 1 fully saturated rings. The van der Waals surface area contributed by atoms with Crippen molar-refractivity contribution in [2.24, 2.45) is 11.3 Å². The van der Waals surface area contributed by atoms with Crippen LogP contribution in [0.2, 0.25) is 0 Å². The third kappa shape index (κ3) is 4.23. The molecule has 7 heteroatoms. The van der Waals surface area contributed by atoms with Crippen LogP contribution in [0.15, 0.2) is 6.33 Å². The third-order valence-electron chi connectivity index (χ3n) is 4.39. The van der Waals surface area contributed by atoms with Gasteiger partial charge in [0.15, 0.2) is 0 Å². The second-order valence-electron chi connectivity index (χ2n) is 7.40. The lowest BCUT2D eigenvalue weighted by atomic mass is 9.64. The lowest BCUT2D eigenvalue weighted by molar-refractivity contribution is 0.0343. The minimum Gasteiger partial charge on any atom is -0.394 e. The van der Waals surface area contributed by atoms with E-state index in [0.29, 0.717) is 18.3 Å². The van der Waals surface area contributed by atoms with Gasteiger partial charge in [0.2, 0.25) is 0 Å². The fourth-order valence-corrected chi connectivity index (χ4v) is 4.03. The van der Waals surface area contributed by atoms with Gasteiger partial charge in [-0.3, -0.25) is 0 Å². The van der Waals surface area contributed by atoms with Gasteiger partial charge in [-0.1, -0.05) is 20.8 Å². The van der Waals surface area contributed by atoms with Gasteiger partial charge in [-0.25, -0.2) is 18.4 Å². The van der Waals surface area contributed by atoms with Crippen molar-refractivity contribution < 1.29 is 13.9 Å². The van der Waals surface area contributed by atoms with Crippen molar-refractivity contribution in [3.63, 3.8) is 0 Å². The maximum absolute atomic E-state index is 12.5. The molecule has 0 aliphatic heterocycles. The monoisotopic (exact) mass is 316 g/mol. The van der Waals surface area contributed by atoms with Crippen LogP contribution >= 0.6 is 0 Å². The first-order chi connectivity index (χ1) is 10.3. The average Bonchev–Trinajstić information content (AvgIpc) is 2.80. The van der Waals surface area contributed by atoms with Gasteiger partial charge < -0.3 is 10.4 Å². The highest BCUT2D eigenvalue weighted by Gasteiger charge is 2.42. The number of halogens is 2. The molecule has 0 bridgehead atoms. The summed E-state index contributed by atoms with van der Waals surface area (Å²) in [6.45, 7) is 6.50. The maximum Gasteiger partial charge on any atom is 0.257 e. The molecule has 0 aromatic carbocycles. The summed E-state index contributed by atoms with van der Waals surface area (Å²) in [6.07, 6.45) is 1.68. The Kier molecular flexibility index (Phi) is 5.17. The number of rotatable bonds is 6. The molecule has 0 radical (unpaired) electrons. The molecule has 22 heavy (non-hydrogen) atoms. The van der Waals surface area contributed by atoms with Gasteiger partial charge in [0, 0.05) is 5.54 Å². The number of nitrogens with one attached hydrogen (secondary N) is 1. The van der Waals surface area contributed by atoms with Crippen molar-refractivity contribution in [1.82, 2.24) is 20.1 Å². The zero-order chi connectivity index (χ0) is 16.4. The standard InChI is InChI=1S/C15H26F2N4O/c1-11-4-14(2,3)8-15(5-11,9-22)19-6-13-18-10-20-21(13)7-12(16)17/h10-12,19,22H,4-9H2,1-3H3/t11-,15+/m0/s1. The number of nitrogens with zero attached hydrogens (tertiary/aromatic N) is 3. The number of alkyl halides is 2. The van der Waals surface area contributed by atoms with Crippen molar-refractivity contribution in [3.8, 4) is 0 Å². The number of hydrogen-bond acceptors (Lipinski definition) is 4. The first kappa shape index (κ1) is 17.3. The highest BCUT2D eigenvalue weighted by atomic mass is 19.3. The first-order valence-electron chi connectivity index (χ1n) is 7.76. The molecule has 0 saturated heterocycles. The molecule has 1 aliphatic carbocycles. The van der Waals surface area contributed by atoms with E-state index in [-0.39, 0.29) is 17.6 Å². The lowest BCUT2D eigenvalue weighted by Crippen LogP contribution is -2.55. The van der Waals surface area contributed by atoms with E-state index in [1.807, 2.05) is 0 Å². The quantitative estimate of drug-likeness (QED) is 0.845. The predicted molar refractivity (Wildman–Crippen MR) is 79.5 cm³/mol. The second kappa shape index (κ2) is 6.58. The summed E-state index contributed by atoms with van der Waals surface area (Å²) in [6, 6.07) is 0. The van der Waals surface area contributed by atoms with Crippen LogP contribution in [0.25, 0.3) is 0 Å². The molecular weight excluding hydrogens is 290 g/mol. The topological polar surface area (TPSA) is 63.0 Å². The Balaban J connectivity index is 2.06. The second-order valence-corrected chi connectivity index (χ2v) is 7.40. The molecule has 1 heterocycles. The molecule has 1 aromatic rings. The van der Waals surface area contributed by atoms with Crippen LogP contribution in [0, 0.1) is 11.3 Å². The van der Waals surface area contributed by atoms with E-state index in [1.165, 1.54) is 11.0 Å². The minimum atomic E-state index is -2.46. The zero-order valence-corrected chi connectivity index (χ0v) is 13.5. The Morgan fingerprint density at radius 1 is 1.45 bits per heavy atom. The summed E-state index contributed by atoms with van der Waals surface area (Å²) in [4.78, 5) is 4.05. The highest BCUT2D eigenvalue weighted by molar-refractivity contribution is 5.00. The summed E-state index contributed by atoms with van der Waals surface area (Å²) in [5, 5.41) is 17.1. The predicted octanol–water partition coefficient (Wildman–Crippen LogP) is 2.21. The third-order valence-corrected chi connectivity index (χ3v) is 4.39. The highest BCUT2D eigenvalue weighted by Crippen LogP contribution is 2.43. The van der Waals surface area contributed by atoms with Gasteiger partial charge >= 0.3 is 0 Å². The Morgan fingerprint density at radius 2 is 2.18 bits per heavy atom. The number of aliphatic hydroxyl groups excluding tert-OH is 1. The minimum absolute atomic E-state index is 0.0315. The molecular formula is C15H26F2N4O. The van der Waals surface area contributed by atoms with Crippen LogP contribution < -0.4 is 5.32 Å². The van der Waals surface area contributed by atoms with Crippen LogP contribution in [0.1, 0.15) is 45.9 Å². The van der Waals surface area contributed by atoms with E-state index < -0.39 is 13.0 Å². The summed E-state index contributed by atoms with van der Waals surface area (Å²) < 4.78 is 26.3. The average molecular weight is 316 g/mol. The fraction of sp³-hybridized carbons (Fsp3) is 0.867. The van der Waals surface area contributed by atoms with Gasteiger partial charge in [-0.15, -0.1) is 0 Å². The van der Waals surface area contributed by atoms with Gasteiger partial charge in [0.05, 0.1) is 13.2 Å². The molecule has 1 aromatic heterocycles. The Labute approximate surface area is 130 Å². The van der Waals surface area contributed by atoms with Gasteiger partial charge in [0.25, 0.3) is 6.43 Å². The zero-order valence-electron chi connectivity index (χ0n) is 13.5. The normalized spacial score (nSPS) is 28.2. The molecule has 5 nitrogen and oxygen atoms in total. The van der Waals surface area contributed by atoms with Crippen LogP contribution in [0.5, 0.6) is 0 Å². The largest absolute Gasteiger partial charge is 0.394 e. The molecule has 2 N–H and O–H groups in total. The van der Waals surface area contributed by atoms with Crippen LogP contribution in [-0.2, 0) is 13.1 Å². The Morgan fingerprint density at radius 3 is 2.77 bits per heavy atom. The Bertz CT molecular complexity index is 492. The smallest absolute Gasteiger partial charge is 0.257 e. The van der Waals surface area contributed by atoms with Crippen molar-refractivity contribution >= 4 is 0 Å². The molecule has 0 unspecified atom stereocenters. The lowest BCUT2D eigenvalue weighted by Gasteiger charge is -2.47. The van der Waals surface area contributed by atoms with Crippen molar-refractivity contribution in [1.29, 1.82) is 0 Å². The number of aromatic nitrogens is 3. The summed E-state index contributed by atoms with van der Waals surface area (Å²) >= 11 is 0. The van der Waals surface area contributed by atoms with E-state index in [9.17, 15) is 13.9 Å². The van der Waals surface area contributed by atoms with Gasteiger partial charge in [-0.2, -0.15) is 5.10 Å². The van der Waals surface area contributed by atoms with E-state index in [0.717, 1.165) is 19.3 Å². The molecule has 0 spiro atoms. The first-order valence-corrected chi connectivity index (χ1v) is 7.76. The maximum atomic E-state index is 12.5. The molecule has 0 amide bonds. The molecule has 2 atom stereocenters. The van der Waals surface area contributed by atoms with E-state index in [2.05, 4.69) is 36.2 Å². The van der Waals surface area contributed by atoms with E-state index in [1.54, 1.807) is 0 Å². The SMILES string of the molecule is C[C@H]1CC(C)(C)C[C@](CO)(NCc2ncnn2CC(F)F)C1. The van der Waals surface area contributed by atoms with E-state index >= 15 is 0 Å². The summed E-state index contributed by atoms with van der Waals surface area (Å²) in [5.74, 6) is 0.978.